The standard InChI is InChI=1S/C10H14N2O/c1-12-6-8(11)10(13)7-4-2-3-5-9(7)12/h6H,2-5,11H2,1H3. The van der Waals surface area contributed by atoms with Crippen molar-refractivity contribution in [1.82, 2.24) is 4.57 Å². The Morgan fingerprint density at radius 1 is 1.38 bits per heavy atom. The number of nitrogens with zero attached hydrogens (tertiary/aromatic N) is 1. The van der Waals surface area contributed by atoms with Gasteiger partial charge in [-0.3, -0.25) is 4.79 Å². The van der Waals surface area contributed by atoms with Gasteiger partial charge in [0.05, 0.1) is 5.69 Å². The highest BCUT2D eigenvalue weighted by Crippen LogP contribution is 2.18. The summed E-state index contributed by atoms with van der Waals surface area (Å²) in [6.45, 7) is 0. The van der Waals surface area contributed by atoms with Crippen LogP contribution in [0.1, 0.15) is 24.1 Å². The van der Waals surface area contributed by atoms with Crippen molar-refractivity contribution >= 4 is 5.69 Å². The lowest BCUT2D eigenvalue weighted by molar-refractivity contribution is 0.628. The minimum Gasteiger partial charge on any atom is -0.394 e. The first-order valence-electron chi connectivity index (χ1n) is 4.67. The molecule has 13 heavy (non-hydrogen) atoms. The van der Waals surface area contributed by atoms with E-state index < -0.39 is 0 Å². The molecule has 3 heteroatoms. The summed E-state index contributed by atoms with van der Waals surface area (Å²) in [7, 11) is 1.96. The second-order valence-corrected chi connectivity index (χ2v) is 3.66. The van der Waals surface area contributed by atoms with Crippen LogP contribution >= 0.6 is 0 Å². The van der Waals surface area contributed by atoms with Gasteiger partial charge in [0, 0.05) is 24.5 Å². The van der Waals surface area contributed by atoms with Crippen molar-refractivity contribution in [2.45, 2.75) is 25.7 Å². The van der Waals surface area contributed by atoms with E-state index in [2.05, 4.69) is 0 Å². The monoisotopic (exact) mass is 178 g/mol. The second kappa shape index (κ2) is 2.91. The number of aryl methyl sites for hydroxylation is 1. The van der Waals surface area contributed by atoms with Crippen LogP contribution in [0.25, 0.3) is 0 Å². The van der Waals surface area contributed by atoms with Crippen LogP contribution in [-0.2, 0) is 19.9 Å². The van der Waals surface area contributed by atoms with Gasteiger partial charge in [-0.05, 0) is 25.7 Å². The largest absolute Gasteiger partial charge is 0.394 e. The van der Waals surface area contributed by atoms with Crippen molar-refractivity contribution in [2.75, 3.05) is 5.73 Å². The van der Waals surface area contributed by atoms with Crippen molar-refractivity contribution in [3.63, 3.8) is 0 Å². The minimum absolute atomic E-state index is 0.0489. The smallest absolute Gasteiger partial charge is 0.207 e. The van der Waals surface area contributed by atoms with E-state index in [4.69, 9.17) is 5.73 Å². The van der Waals surface area contributed by atoms with Crippen LogP contribution in [0.3, 0.4) is 0 Å². The summed E-state index contributed by atoms with van der Waals surface area (Å²) in [4.78, 5) is 11.6. The van der Waals surface area contributed by atoms with E-state index in [1.807, 2.05) is 11.6 Å². The van der Waals surface area contributed by atoms with Crippen molar-refractivity contribution < 1.29 is 0 Å². The number of nitrogen functional groups attached to an aromatic ring is 1. The molecule has 1 heterocycles. The highest BCUT2D eigenvalue weighted by atomic mass is 16.1. The summed E-state index contributed by atoms with van der Waals surface area (Å²) in [6, 6.07) is 0. The molecule has 1 aromatic rings. The van der Waals surface area contributed by atoms with E-state index >= 15 is 0 Å². The van der Waals surface area contributed by atoms with Crippen LogP contribution in [0.5, 0.6) is 0 Å². The first-order valence-corrected chi connectivity index (χ1v) is 4.67. The number of rotatable bonds is 0. The molecule has 0 spiro atoms. The molecule has 0 saturated heterocycles. The molecule has 0 atom stereocenters. The summed E-state index contributed by atoms with van der Waals surface area (Å²) in [6.07, 6.45) is 5.94. The normalized spacial score (nSPS) is 15.5. The number of fused-ring (bicyclic) bond motifs is 1. The van der Waals surface area contributed by atoms with E-state index in [-0.39, 0.29) is 5.43 Å². The molecule has 1 aliphatic rings. The first kappa shape index (κ1) is 8.35. The topological polar surface area (TPSA) is 48.0 Å². The Morgan fingerprint density at radius 3 is 2.85 bits per heavy atom. The third-order valence-corrected chi connectivity index (χ3v) is 2.73. The van der Waals surface area contributed by atoms with E-state index in [0.29, 0.717) is 5.69 Å². The van der Waals surface area contributed by atoms with E-state index in [0.717, 1.165) is 24.8 Å². The lowest BCUT2D eigenvalue weighted by Gasteiger charge is -2.18. The van der Waals surface area contributed by atoms with Crippen LogP contribution in [0.2, 0.25) is 0 Å². The van der Waals surface area contributed by atoms with E-state index in [9.17, 15) is 4.79 Å². The van der Waals surface area contributed by atoms with Crippen molar-refractivity contribution in [1.29, 1.82) is 0 Å². The molecule has 70 valence electrons. The fourth-order valence-electron chi connectivity index (χ4n) is 2.04. The molecule has 3 nitrogen and oxygen atoms in total. The summed E-state index contributed by atoms with van der Waals surface area (Å²) in [5, 5.41) is 0. The van der Waals surface area contributed by atoms with Gasteiger partial charge in [0.15, 0.2) is 0 Å². The molecular weight excluding hydrogens is 164 g/mol. The number of hydrogen-bond acceptors (Lipinski definition) is 2. The third-order valence-electron chi connectivity index (χ3n) is 2.73. The molecule has 0 fully saturated rings. The average molecular weight is 178 g/mol. The van der Waals surface area contributed by atoms with E-state index in [1.165, 1.54) is 12.1 Å². The molecule has 0 aromatic carbocycles. The van der Waals surface area contributed by atoms with Crippen molar-refractivity contribution in [3.8, 4) is 0 Å². The molecule has 0 amide bonds. The maximum Gasteiger partial charge on any atom is 0.207 e. The fraction of sp³-hybridized carbons (Fsp3) is 0.500. The summed E-state index contributed by atoms with van der Waals surface area (Å²) in [5.41, 5.74) is 8.15. The Kier molecular flexibility index (Phi) is 1.87. The van der Waals surface area contributed by atoms with Crippen LogP contribution < -0.4 is 11.2 Å². The van der Waals surface area contributed by atoms with Crippen LogP contribution in [0.15, 0.2) is 11.0 Å². The van der Waals surface area contributed by atoms with E-state index in [1.54, 1.807) is 6.20 Å². The van der Waals surface area contributed by atoms with Gasteiger partial charge in [-0.25, -0.2) is 0 Å². The highest BCUT2D eigenvalue weighted by Gasteiger charge is 2.15. The number of anilines is 1. The molecule has 1 aliphatic carbocycles. The molecular formula is C10H14N2O. The number of pyridine rings is 1. The molecule has 0 unspecified atom stereocenters. The zero-order valence-electron chi connectivity index (χ0n) is 7.84. The lowest BCUT2D eigenvalue weighted by Crippen LogP contribution is -2.23. The first-order chi connectivity index (χ1) is 6.20. The summed E-state index contributed by atoms with van der Waals surface area (Å²) < 4.78 is 1.99. The molecule has 2 rings (SSSR count). The van der Waals surface area contributed by atoms with Gasteiger partial charge < -0.3 is 10.3 Å². The van der Waals surface area contributed by atoms with Gasteiger partial charge in [-0.15, -0.1) is 0 Å². The number of hydrogen-bond donors (Lipinski definition) is 1. The predicted molar refractivity (Wildman–Crippen MR) is 52.7 cm³/mol. The summed E-state index contributed by atoms with van der Waals surface area (Å²) >= 11 is 0. The van der Waals surface area contributed by atoms with Gasteiger partial charge in [0.25, 0.3) is 0 Å². The highest BCUT2D eigenvalue weighted by molar-refractivity contribution is 5.41. The second-order valence-electron chi connectivity index (χ2n) is 3.66. The van der Waals surface area contributed by atoms with Gasteiger partial charge in [-0.1, -0.05) is 0 Å². The van der Waals surface area contributed by atoms with Gasteiger partial charge in [0.2, 0.25) is 5.43 Å². The number of nitrogens with two attached hydrogens (primary N) is 1. The van der Waals surface area contributed by atoms with Crippen molar-refractivity contribution in [3.05, 3.63) is 27.7 Å². The Balaban J connectivity index is 2.70. The molecule has 0 saturated carbocycles. The Morgan fingerprint density at radius 2 is 2.08 bits per heavy atom. The maximum atomic E-state index is 11.6. The van der Waals surface area contributed by atoms with Gasteiger partial charge in [0.1, 0.15) is 0 Å². The minimum atomic E-state index is 0.0489. The third kappa shape index (κ3) is 1.24. The average Bonchev–Trinajstić information content (AvgIpc) is 2.15. The van der Waals surface area contributed by atoms with Crippen LogP contribution in [-0.4, -0.2) is 4.57 Å². The summed E-state index contributed by atoms with van der Waals surface area (Å²) in [5.74, 6) is 0. The predicted octanol–water partition coefficient (Wildman–Crippen LogP) is 0.846. The Bertz CT molecular complexity index is 393. The number of aromatic nitrogens is 1. The van der Waals surface area contributed by atoms with Crippen LogP contribution in [0, 0.1) is 0 Å². The Hall–Kier alpha value is -1.25. The van der Waals surface area contributed by atoms with Crippen LogP contribution in [0.4, 0.5) is 5.69 Å². The van der Waals surface area contributed by atoms with Gasteiger partial charge >= 0.3 is 0 Å². The van der Waals surface area contributed by atoms with Gasteiger partial charge in [-0.2, -0.15) is 0 Å². The zero-order valence-corrected chi connectivity index (χ0v) is 7.84. The quantitative estimate of drug-likeness (QED) is 0.640. The molecule has 2 N–H and O–H groups in total. The lowest BCUT2D eigenvalue weighted by atomic mass is 9.95. The maximum absolute atomic E-state index is 11.6. The fourth-order valence-corrected chi connectivity index (χ4v) is 2.04. The molecule has 1 aromatic heterocycles. The SMILES string of the molecule is Cn1cc(N)c(=O)c2c1CCCC2. The zero-order chi connectivity index (χ0) is 9.42. The molecule has 0 bridgehead atoms. The molecule has 0 radical (unpaired) electrons. The Labute approximate surface area is 77.2 Å². The molecule has 0 aliphatic heterocycles. The van der Waals surface area contributed by atoms with Crippen molar-refractivity contribution in [2.24, 2.45) is 7.05 Å².